The monoisotopic (exact) mass is 419 g/mol. The SMILES string of the molecule is CCS(=O)(=O)N1CCCc2cc(NC(=O)Nc3cccc(OC)c3OC)ccc21. The summed E-state index contributed by atoms with van der Waals surface area (Å²) in [5.41, 5.74) is 2.63. The highest BCUT2D eigenvalue weighted by molar-refractivity contribution is 7.92. The van der Waals surface area contributed by atoms with Gasteiger partial charge >= 0.3 is 6.03 Å². The summed E-state index contributed by atoms with van der Waals surface area (Å²) in [6.45, 7) is 2.11. The summed E-state index contributed by atoms with van der Waals surface area (Å²) in [5.74, 6) is 0.990. The summed E-state index contributed by atoms with van der Waals surface area (Å²) in [6.07, 6.45) is 1.49. The Bertz CT molecular complexity index is 1010. The fraction of sp³-hybridized carbons (Fsp3) is 0.350. The molecule has 0 unspecified atom stereocenters. The number of para-hydroxylation sites is 1. The van der Waals surface area contributed by atoms with Gasteiger partial charge in [0.15, 0.2) is 11.5 Å². The molecule has 0 radical (unpaired) electrons. The van der Waals surface area contributed by atoms with Gasteiger partial charge < -0.3 is 20.1 Å². The van der Waals surface area contributed by atoms with Crippen LogP contribution in [0.25, 0.3) is 0 Å². The molecule has 2 aromatic carbocycles. The number of ether oxygens (including phenoxy) is 2. The number of carbonyl (C=O) groups is 1. The molecule has 2 aromatic rings. The van der Waals surface area contributed by atoms with E-state index in [0.717, 1.165) is 18.4 Å². The molecule has 2 N–H and O–H groups in total. The van der Waals surface area contributed by atoms with E-state index >= 15 is 0 Å². The van der Waals surface area contributed by atoms with Crippen molar-refractivity contribution in [3.05, 3.63) is 42.0 Å². The van der Waals surface area contributed by atoms with Crippen molar-refractivity contribution in [1.29, 1.82) is 0 Å². The molecule has 1 aliphatic heterocycles. The minimum atomic E-state index is -3.32. The molecule has 0 saturated heterocycles. The highest BCUT2D eigenvalue weighted by Gasteiger charge is 2.26. The molecule has 156 valence electrons. The van der Waals surface area contributed by atoms with Gasteiger partial charge in [0, 0.05) is 12.2 Å². The van der Waals surface area contributed by atoms with Crippen molar-refractivity contribution in [1.82, 2.24) is 0 Å². The van der Waals surface area contributed by atoms with Crippen LogP contribution in [0.5, 0.6) is 11.5 Å². The van der Waals surface area contributed by atoms with Gasteiger partial charge in [-0.15, -0.1) is 0 Å². The lowest BCUT2D eigenvalue weighted by atomic mass is 10.0. The highest BCUT2D eigenvalue weighted by Crippen LogP contribution is 2.35. The van der Waals surface area contributed by atoms with E-state index in [9.17, 15) is 13.2 Å². The number of amides is 2. The third kappa shape index (κ3) is 4.40. The fourth-order valence-corrected chi connectivity index (χ4v) is 4.55. The number of urea groups is 1. The Labute approximate surface area is 170 Å². The van der Waals surface area contributed by atoms with Gasteiger partial charge in [-0.05, 0) is 55.7 Å². The lowest BCUT2D eigenvalue weighted by Gasteiger charge is -2.30. The zero-order chi connectivity index (χ0) is 21.0. The second kappa shape index (κ2) is 8.60. The van der Waals surface area contributed by atoms with Crippen molar-refractivity contribution in [2.75, 3.05) is 41.5 Å². The van der Waals surface area contributed by atoms with E-state index in [0.29, 0.717) is 35.1 Å². The molecule has 0 fully saturated rings. The van der Waals surface area contributed by atoms with Crippen molar-refractivity contribution in [2.45, 2.75) is 19.8 Å². The third-order valence-electron chi connectivity index (χ3n) is 4.77. The van der Waals surface area contributed by atoms with Gasteiger partial charge in [0.2, 0.25) is 10.0 Å². The van der Waals surface area contributed by atoms with E-state index in [1.165, 1.54) is 18.5 Å². The average Bonchev–Trinajstić information content (AvgIpc) is 2.72. The summed E-state index contributed by atoms with van der Waals surface area (Å²) in [6, 6.07) is 10.0. The van der Waals surface area contributed by atoms with Crippen molar-refractivity contribution in [3.63, 3.8) is 0 Å². The number of nitrogens with one attached hydrogen (secondary N) is 2. The van der Waals surface area contributed by atoms with Gasteiger partial charge in [-0.2, -0.15) is 0 Å². The number of fused-ring (bicyclic) bond motifs is 1. The van der Waals surface area contributed by atoms with E-state index in [2.05, 4.69) is 10.6 Å². The van der Waals surface area contributed by atoms with Gasteiger partial charge in [-0.3, -0.25) is 4.31 Å². The molecule has 2 amide bonds. The molecule has 9 heteroatoms. The first-order valence-electron chi connectivity index (χ1n) is 9.32. The summed E-state index contributed by atoms with van der Waals surface area (Å²) in [7, 11) is -0.293. The number of methoxy groups -OCH3 is 2. The standard InChI is InChI=1S/C20H25N3O5S/c1-4-29(25,26)23-12-6-7-14-13-15(10-11-17(14)23)21-20(24)22-16-8-5-9-18(27-2)19(16)28-3/h5,8-11,13H,4,6-7,12H2,1-3H3,(H2,21,22,24). The number of benzene rings is 2. The van der Waals surface area contributed by atoms with Crippen LogP contribution in [-0.4, -0.2) is 41.0 Å². The number of carbonyl (C=O) groups excluding carboxylic acids is 1. The lowest BCUT2D eigenvalue weighted by Crippen LogP contribution is -2.36. The van der Waals surface area contributed by atoms with Crippen LogP contribution in [0, 0.1) is 0 Å². The number of anilines is 3. The van der Waals surface area contributed by atoms with Crippen LogP contribution >= 0.6 is 0 Å². The van der Waals surface area contributed by atoms with Crippen LogP contribution in [0.1, 0.15) is 18.9 Å². The Morgan fingerprint density at radius 2 is 1.93 bits per heavy atom. The molecule has 1 heterocycles. The van der Waals surface area contributed by atoms with E-state index in [1.807, 2.05) is 6.07 Å². The van der Waals surface area contributed by atoms with Gasteiger partial charge in [0.25, 0.3) is 0 Å². The first kappa shape index (κ1) is 20.8. The number of aryl methyl sites for hydroxylation is 1. The molecular formula is C20H25N3O5S. The average molecular weight is 420 g/mol. The van der Waals surface area contributed by atoms with Crippen molar-refractivity contribution in [3.8, 4) is 11.5 Å². The maximum atomic E-state index is 12.5. The first-order chi connectivity index (χ1) is 13.9. The van der Waals surface area contributed by atoms with Crippen molar-refractivity contribution >= 4 is 33.1 Å². The molecular weight excluding hydrogens is 394 g/mol. The Balaban J connectivity index is 1.78. The van der Waals surface area contributed by atoms with E-state index < -0.39 is 16.1 Å². The molecule has 8 nitrogen and oxygen atoms in total. The maximum Gasteiger partial charge on any atom is 0.323 e. The van der Waals surface area contributed by atoms with Crippen LogP contribution in [0.4, 0.5) is 21.9 Å². The maximum absolute atomic E-state index is 12.5. The molecule has 1 aliphatic rings. The smallest absolute Gasteiger partial charge is 0.323 e. The Kier molecular flexibility index (Phi) is 6.17. The molecule has 0 saturated carbocycles. The van der Waals surface area contributed by atoms with Crippen LogP contribution < -0.4 is 24.4 Å². The van der Waals surface area contributed by atoms with Crippen LogP contribution in [0.15, 0.2) is 36.4 Å². The first-order valence-corrected chi connectivity index (χ1v) is 10.9. The van der Waals surface area contributed by atoms with Gasteiger partial charge in [0.1, 0.15) is 0 Å². The summed E-state index contributed by atoms with van der Waals surface area (Å²) in [4.78, 5) is 12.5. The number of nitrogens with zero attached hydrogens (tertiary/aromatic N) is 1. The molecule has 3 rings (SSSR count). The second-order valence-electron chi connectivity index (χ2n) is 6.54. The predicted molar refractivity (Wildman–Crippen MR) is 114 cm³/mol. The van der Waals surface area contributed by atoms with Crippen molar-refractivity contribution < 1.29 is 22.7 Å². The summed E-state index contributed by atoms with van der Waals surface area (Å²) >= 11 is 0. The van der Waals surface area contributed by atoms with Crippen LogP contribution in [0.3, 0.4) is 0 Å². The van der Waals surface area contributed by atoms with E-state index in [4.69, 9.17) is 9.47 Å². The third-order valence-corrected chi connectivity index (χ3v) is 6.55. The Morgan fingerprint density at radius 1 is 1.14 bits per heavy atom. The highest BCUT2D eigenvalue weighted by atomic mass is 32.2. The Hall–Kier alpha value is -2.94. The minimum absolute atomic E-state index is 0.0528. The number of sulfonamides is 1. The van der Waals surface area contributed by atoms with Crippen LogP contribution in [0.2, 0.25) is 0 Å². The quantitative estimate of drug-likeness (QED) is 0.748. The molecule has 0 aliphatic carbocycles. The van der Waals surface area contributed by atoms with E-state index in [-0.39, 0.29) is 5.75 Å². The Morgan fingerprint density at radius 3 is 2.62 bits per heavy atom. The van der Waals surface area contributed by atoms with Crippen LogP contribution in [-0.2, 0) is 16.4 Å². The van der Waals surface area contributed by atoms with Crippen molar-refractivity contribution in [2.24, 2.45) is 0 Å². The van der Waals surface area contributed by atoms with E-state index in [1.54, 1.807) is 37.3 Å². The van der Waals surface area contributed by atoms with Gasteiger partial charge in [-0.1, -0.05) is 6.07 Å². The predicted octanol–water partition coefficient (Wildman–Crippen LogP) is 3.45. The zero-order valence-electron chi connectivity index (χ0n) is 16.7. The van der Waals surface area contributed by atoms with Gasteiger partial charge in [-0.25, -0.2) is 13.2 Å². The fourth-order valence-electron chi connectivity index (χ4n) is 3.36. The molecule has 0 aromatic heterocycles. The topological polar surface area (TPSA) is 97.0 Å². The largest absolute Gasteiger partial charge is 0.493 e. The molecule has 0 bridgehead atoms. The number of hydrogen-bond acceptors (Lipinski definition) is 5. The molecule has 0 spiro atoms. The second-order valence-corrected chi connectivity index (χ2v) is 8.72. The minimum Gasteiger partial charge on any atom is -0.493 e. The number of hydrogen-bond donors (Lipinski definition) is 2. The zero-order valence-corrected chi connectivity index (χ0v) is 17.5. The normalized spacial score (nSPS) is 13.4. The summed E-state index contributed by atoms with van der Waals surface area (Å²) < 4.78 is 36.6. The molecule has 0 atom stereocenters. The lowest BCUT2D eigenvalue weighted by molar-refractivity contribution is 0.262. The summed E-state index contributed by atoms with van der Waals surface area (Å²) in [5, 5.41) is 5.53. The number of rotatable bonds is 6. The molecule has 29 heavy (non-hydrogen) atoms. The van der Waals surface area contributed by atoms with Gasteiger partial charge in [0.05, 0.1) is 31.3 Å².